The van der Waals surface area contributed by atoms with E-state index in [1.54, 1.807) is 5.57 Å². The summed E-state index contributed by atoms with van der Waals surface area (Å²) in [7, 11) is 0. The molecule has 2 nitrogen and oxygen atoms in total. The molecule has 0 radical (unpaired) electrons. The molecule has 2 fully saturated rings. The van der Waals surface area contributed by atoms with Gasteiger partial charge in [0.15, 0.2) is 0 Å². The van der Waals surface area contributed by atoms with Gasteiger partial charge in [0.2, 0.25) is 0 Å². The maximum atomic E-state index is 9.52. The average Bonchev–Trinajstić information content (AvgIpc) is 2.58. The number of aliphatic hydroxyl groups excluding tert-OH is 1. The highest BCUT2D eigenvalue weighted by Gasteiger charge is 2.54. The van der Waals surface area contributed by atoms with Crippen molar-refractivity contribution in [2.24, 2.45) is 17.8 Å². The summed E-state index contributed by atoms with van der Waals surface area (Å²) in [5.74, 6) is 1.94. The molecule has 1 saturated carbocycles. The Morgan fingerprint density at radius 1 is 1.29 bits per heavy atom. The van der Waals surface area contributed by atoms with Crippen molar-refractivity contribution in [2.45, 2.75) is 58.2 Å². The van der Waals surface area contributed by atoms with Crippen LogP contribution in [0.25, 0.3) is 0 Å². The third kappa shape index (κ3) is 1.61. The summed E-state index contributed by atoms with van der Waals surface area (Å²) in [6.07, 6.45) is 5.10. The molecule has 1 saturated heterocycles. The van der Waals surface area contributed by atoms with E-state index in [1.165, 1.54) is 24.8 Å². The minimum atomic E-state index is 0.0279. The Hall–Kier alpha value is -0.340. The quantitative estimate of drug-likeness (QED) is 0.709. The highest BCUT2D eigenvalue weighted by Crippen LogP contribution is 2.55. The van der Waals surface area contributed by atoms with E-state index in [9.17, 15) is 5.11 Å². The Morgan fingerprint density at radius 2 is 2.06 bits per heavy atom. The molecule has 3 rings (SSSR count). The summed E-state index contributed by atoms with van der Waals surface area (Å²) in [5, 5.41) is 9.52. The van der Waals surface area contributed by atoms with E-state index < -0.39 is 0 Å². The third-order valence-corrected chi connectivity index (χ3v) is 5.35. The summed E-state index contributed by atoms with van der Waals surface area (Å²) >= 11 is 0. The Labute approximate surface area is 104 Å². The summed E-state index contributed by atoms with van der Waals surface area (Å²) in [5.41, 5.74) is 2.90. The number of aliphatic hydroxyl groups is 1. The zero-order valence-corrected chi connectivity index (χ0v) is 11.2. The second-order valence-electron chi connectivity index (χ2n) is 6.66. The molecule has 2 heteroatoms. The van der Waals surface area contributed by atoms with E-state index in [0.29, 0.717) is 23.9 Å². The molecule has 4 atom stereocenters. The SMILES string of the molecule is C[C@@H]1CCC2=C(CO)CCC3[C@H]2[C@@H]1OC3(C)C. The number of hydrogen-bond acceptors (Lipinski definition) is 2. The fourth-order valence-electron chi connectivity index (χ4n) is 4.41. The first kappa shape index (κ1) is 11.7. The van der Waals surface area contributed by atoms with Crippen molar-refractivity contribution in [3.05, 3.63) is 11.1 Å². The fraction of sp³-hybridized carbons (Fsp3) is 0.867. The van der Waals surface area contributed by atoms with Gasteiger partial charge in [-0.3, -0.25) is 0 Å². The summed E-state index contributed by atoms with van der Waals surface area (Å²) in [6, 6.07) is 0. The standard InChI is InChI=1S/C15H24O2/c1-9-4-6-11-10(8-16)5-7-12-13(11)14(9)17-15(12,2)3/h9,12-14,16H,4-8H2,1-3H3/t9-,12?,13+,14-/m1/s1. The van der Waals surface area contributed by atoms with Gasteiger partial charge in [0, 0.05) is 5.92 Å². The smallest absolute Gasteiger partial charge is 0.0677 e. The molecule has 17 heavy (non-hydrogen) atoms. The molecule has 0 aromatic heterocycles. The summed E-state index contributed by atoms with van der Waals surface area (Å²) in [4.78, 5) is 0. The van der Waals surface area contributed by atoms with Gasteiger partial charge in [0.25, 0.3) is 0 Å². The predicted octanol–water partition coefficient (Wildman–Crippen LogP) is 2.91. The molecule has 0 bridgehead atoms. The molecule has 1 aliphatic heterocycles. The second-order valence-corrected chi connectivity index (χ2v) is 6.66. The van der Waals surface area contributed by atoms with E-state index in [0.717, 1.165) is 6.42 Å². The van der Waals surface area contributed by atoms with Gasteiger partial charge in [-0.2, -0.15) is 0 Å². The molecule has 0 amide bonds. The van der Waals surface area contributed by atoms with E-state index >= 15 is 0 Å². The average molecular weight is 236 g/mol. The molecule has 1 unspecified atom stereocenters. The zero-order chi connectivity index (χ0) is 12.2. The van der Waals surface area contributed by atoms with Gasteiger partial charge in [-0.1, -0.05) is 12.5 Å². The lowest BCUT2D eigenvalue weighted by atomic mass is 9.63. The first-order valence-corrected chi connectivity index (χ1v) is 7.04. The van der Waals surface area contributed by atoms with Crippen LogP contribution in [0.4, 0.5) is 0 Å². The first-order valence-electron chi connectivity index (χ1n) is 7.04. The normalized spacial score (nSPS) is 43.8. The molecular formula is C15H24O2. The van der Waals surface area contributed by atoms with Crippen LogP contribution in [0.15, 0.2) is 11.1 Å². The van der Waals surface area contributed by atoms with Crippen molar-refractivity contribution in [3.8, 4) is 0 Å². The highest BCUT2D eigenvalue weighted by molar-refractivity contribution is 5.28. The van der Waals surface area contributed by atoms with Crippen LogP contribution in [-0.4, -0.2) is 23.4 Å². The van der Waals surface area contributed by atoms with E-state index in [-0.39, 0.29) is 12.2 Å². The van der Waals surface area contributed by atoms with Crippen molar-refractivity contribution in [3.63, 3.8) is 0 Å². The number of hydrogen-bond donors (Lipinski definition) is 1. The van der Waals surface area contributed by atoms with Gasteiger partial charge in [-0.05, 0) is 56.9 Å². The van der Waals surface area contributed by atoms with Crippen molar-refractivity contribution in [1.82, 2.24) is 0 Å². The fourth-order valence-corrected chi connectivity index (χ4v) is 4.41. The minimum absolute atomic E-state index is 0.0279. The van der Waals surface area contributed by atoms with Gasteiger partial charge in [-0.25, -0.2) is 0 Å². The Bertz CT molecular complexity index is 356. The van der Waals surface area contributed by atoms with Crippen LogP contribution < -0.4 is 0 Å². The monoisotopic (exact) mass is 236 g/mol. The maximum absolute atomic E-state index is 9.52. The van der Waals surface area contributed by atoms with Gasteiger partial charge in [-0.15, -0.1) is 0 Å². The van der Waals surface area contributed by atoms with Crippen LogP contribution in [-0.2, 0) is 4.74 Å². The van der Waals surface area contributed by atoms with Crippen LogP contribution in [0, 0.1) is 17.8 Å². The lowest BCUT2D eigenvalue weighted by Gasteiger charge is -2.39. The predicted molar refractivity (Wildman–Crippen MR) is 67.7 cm³/mol. The van der Waals surface area contributed by atoms with Crippen LogP contribution in [0.1, 0.15) is 46.5 Å². The van der Waals surface area contributed by atoms with E-state index in [4.69, 9.17) is 4.74 Å². The Morgan fingerprint density at radius 3 is 2.76 bits per heavy atom. The van der Waals surface area contributed by atoms with Gasteiger partial charge < -0.3 is 9.84 Å². The lowest BCUT2D eigenvalue weighted by Crippen LogP contribution is -2.37. The van der Waals surface area contributed by atoms with Crippen molar-refractivity contribution in [1.29, 1.82) is 0 Å². The summed E-state index contributed by atoms with van der Waals surface area (Å²) < 4.78 is 6.36. The highest BCUT2D eigenvalue weighted by atomic mass is 16.5. The molecule has 0 spiro atoms. The Balaban J connectivity index is 2.03. The van der Waals surface area contributed by atoms with Gasteiger partial charge >= 0.3 is 0 Å². The largest absolute Gasteiger partial charge is 0.392 e. The molecule has 0 aromatic carbocycles. The van der Waals surface area contributed by atoms with Crippen LogP contribution in [0.5, 0.6) is 0 Å². The van der Waals surface area contributed by atoms with Crippen molar-refractivity contribution < 1.29 is 9.84 Å². The van der Waals surface area contributed by atoms with Crippen molar-refractivity contribution >= 4 is 0 Å². The van der Waals surface area contributed by atoms with Crippen LogP contribution in [0.3, 0.4) is 0 Å². The molecule has 2 aliphatic carbocycles. The van der Waals surface area contributed by atoms with Gasteiger partial charge in [0.05, 0.1) is 18.3 Å². The topological polar surface area (TPSA) is 29.5 Å². The molecule has 0 aromatic rings. The van der Waals surface area contributed by atoms with Gasteiger partial charge in [0.1, 0.15) is 0 Å². The molecule has 1 N–H and O–H groups in total. The Kier molecular flexibility index (Phi) is 2.64. The summed E-state index contributed by atoms with van der Waals surface area (Å²) in [6.45, 7) is 7.10. The third-order valence-electron chi connectivity index (χ3n) is 5.35. The maximum Gasteiger partial charge on any atom is 0.0677 e. The van der Waals surface area contributed by atoms with Crippen LogP contribution in [0.2, 0.25) is 0 Å². The molecule has 3 aliphatic rings. The molecular weight excluding hydrogens is 212 g/mol. The zero-order valence-electron chi connectivity index (χ0n) is 11.2. The molecule has 96 valence electrons. The van der Waals surface area contributed by atoms with Crippen molar-refractivity contribution in [2.75, 3.05) is 6.61 Å². The molecule has 1 heterocycles. The minimum Gasteiger partial charge on any atom is -0.392 e. The second kappa shape index (κ2) is 3.83. The van der Waals surface area contributed by atoms with Crippen LogP contribution >= 0.6 is 0 Å². The number of rotatable bonds is 1. The first-order chi connectivity index (χ1) is 8.04. The van der Waals surface area contributed by atoms with E-state index in [2.05, 4.69) is 20.8 Å². The van der Waals surface area contributed by atoms with E-state index in [1.807, 2.05) is 0 Å². The lowest BCUT2D eigenvalue weighted by molar-refractivity contribution is -0.0563. The number of ether oxygens (including phenoxy) is 1.